The van der Waals surface area contributed by atoms with Crippen LogP contribution in [0.3, 0.4) is 0 Å². The van der Waals surface area contributed by atoms with E-state index in [0.717, 1.165) is 39.2 Å². The summed E-state index contributed by atoms with van der Waals surface area (Å²) < 4.78 is 7.11. The first-order valence-electron chi connectivity index (χ1n) is 9.38. The first-order chi connectivity index (χ1) is 14.1. The van der Waals surface area contributed by atoms with Crippen molar-refractivity contribution in [2.45, 2.75) is 12.2 Å². The van der Waals surface area contributed by atoms with Crippen LogP contribution >= 0.6 is 0 Å². The number of β-amino-alcohol motifs (C(OH)–C–C–N with tert-alkyl or cyclic N) is 1. The fourth-order valence-electron chi connectivity index (χ4n) is 3.78. The van der Waals surface area contributed by atoms with Crippen LogP contribution in [0, 0.1) is 0 Å². The summed E-state index contributed by atoms with van der Waals surface area (Å²) in [5.41, 5.74) is 4.52. The molecule has 2 N–H and O–H groups in total. The van der Waals surface area contributed by atoms with Gasteiger partial charge in [-0.05, 0) is 17.7 Å². The molecule has 0 spiro atoms. The number of nitrogens with zero attached hydrogens (tertiary/aromatic N) is 6. The fraction of sp³-hybridized carbons (Fsp3) is 0.300. The summed E-state index contributed by atoms with van der Waals surface area (Å²) in [7, 11) is 3.51. The molecule has 0 aliphatic carbocycles. The van der Waals surface area contributed by atoms with Crippen molar-refractivity contribution in [3.05, 3.63) is 43.0 Å². The molecule has 1 aromatic carbocycles. The van der Waals surface area contributed by atoms with Crippen LogP contribution in [0.1, 0.15) is 0 Å². The Kier molecular flexibility index (Phi) is 4.26. The number of benzene rings is 1. The van der Waals surface area contributed by atoms with Crippen LogP contribution in [-0.4, -0.2) is 67.5 Å². The Labute approximate surface area is 167 Å². The molecule has 9 heteroatoms. The van der Waals surface area contributed by atoms with Crippen LogP contribution in [-0.2, 0) is 11.8 Å². The second kappa shape index (κ2) is 6.94. The highest BCUT2D eigenvalue weighted by atomic mass is 16.5. The van der Waals surface area contributed by atoms with Gasteiger partial charge in [-0.15, -0.1) is 0 Å². The Morgan fingerprint density at radius 1 is 1.17 bits per heavy atom. The fourth-order valence-corrected chi connectivity index (χ4v) is 3.78. The van der Waals surface area contributed by atoms with Gasteiger partial charge in [0.25, 0.3) is 0 Å². The molecule has 4 heterocycles. The van der Waals surface area contributed by atoms with E-state index in [9.17, 15) is 5.11 Å². The van der Waals surface area contributed by atoms with Gasteiger partial charge in [0.1, 0.15) is 23.9 Å². The average molecular weight is 391 g/mol. The molecule has 5 rings (SSSR count). The summed E-state index contributed by atoms with van der Waals surface area (Å²) >= 11 is 0. The topological polar surface area (TPSA) is 105 Å². The minimum Gasteiger partial charge on any atom is -0.388 e. The van der Waals surface area contributed by atoms with Crippen LogP contribution in [0.2, 0.25) is 0 Å². The Morgan fingerprint density at radius 3 is 2.83 bits per heavy atom. The van der Waals surface area contributed by atoms with Gasteiger partial charge in [-0.25, -0.2) is 9.97 Å². The molecule has 1 aliphatic heterocycles. The molecule has 0 bridgehead atoms. The van der Waals surface area contributed by atoms with Crippen LogP contribution in [0.5, 0.6) is 0 Å². The number of anilines is 1. The molecule has 2 atom stereocenters. The lowest BCUT2D eigenvalue weighted by molar-refractivity contribution is 0.0217. The van der Waals surface area contributed by atoms with Gasteiger partial charge < -0.3 is 14.7 Å². The van der Waals surface area contributed by atoms with Crippen molar-refractivity contribution in [2.75, 3.05) is 25.1 Å². The number of fused-ring (bicyclic) bond motifs is 1. The highest BCUT2D eigenvalue weighted by molar-refractivity contribution is 5.95. The summed E-state index contributed by atoms with van der Waals surface area (Å²) in [5, 5.41) is 22.9. The number of ether oxygens (including phenoxy) is 1. The van der Waals surface area contributed by atoms with E-state index in [-0.39, 0.29) is 6.10 Å². The molecule has 0 saturated carbocycles. The molecule has 1 aliphatic rings. The van der Waals surface area contributed by atoms with Crippen molar-refractivity contribution >= 4 is 16.7 Å². The molecule has 1 saturated heterocycles. The molecule has 148 valence electrons. The second-order valence-corrected chi connectivity index (χ2v) is 7.24. The summed E-state index contributed by atoms with van der Waals surface area (Å²) in [5.74, 6) is 0.744. The number of hydrogen-bond acceptors (Lipinski definition) is 7. The summed E-state index contributed by atoms with van der Waals surface area (Å²) in [6.07, 6.45) is 4.60. The maximum atomic E-state index is 10.1. The van der Waals surface area contributed by atoms with E-state index in [0.29, 0.717) is 13.1 Å². The number of H-pyrrole nitrogens is 1. The van der Waals surface area contributed by atoms with Gasteiger partial charge in [0, 0.05) is 50.5 Å². The third-order valence-electron chi connectivity index (χ3n) is 5.36. The van der Waals surface area contributed by atoms with Crippen molar-refractivity contribution in [3.63, 3.8) is 0 Å². The summed E-state index contributed by atoms with van der Waals surface area (Å²) in [6.45, 7) is 1.06. The van der Waals surface area contributed by atoms with E-state index >= 15 is 0 Å². The molecule has 0 amide bonds. The predicted molar refractivity (Wildman–Crippen MR) is 108 cm³/mol. The minimum atomic E-state index is -0.535. The van der Waals surface area contributed by atoms with Crippen LogP contribution in [0.15, 0.2) is 43.0 Å². The third-order valence-corrected chi connectivity index (χ3v) is 5.36. The van der Waals surface area contributed by atoms with E-state index < -0.39 is 6.10 Å². The maximum absolute atomic E-state index is 10.1. The molecule has 9 nitrogen and oxygen atoms in total. The monoisotopic (exact) mass is 391 g/mol. The number of methoxy groups -OCH3 is 1. The van der Waals surface area contributed by atoms with Gasteiger partial charge >= 0.3 is 0 Å². The smallest absolute Gasteiger partial charge is 0.132 e. The van der Waals surface area contributed by atoms with Crippen molar-refractivity contribution < 1.29 is 9.84 Å². The van der Waals surface area contributed by atoms with Gasteiger partial charge in [-0.2, -0.15) is 10.2 Å². The number of hydrogen-bond donors (Lipinski definition) is 2. The largest absolute Gasteiger partial charge is 0.388 e. The molecular formula is C20H21N7O2. The Balaban J connectivity index is 1.52. The quantitative estimate of drug-likeness (QED) is 0.545. The maximum Gasteiger partial charge on any atom is 0.132 e. The van der Waals surface area contributed by atoms with Crippen LogP contribution < -0.4 is 4.90 Å². The number of aliphatic hydroxyl groups excluding tert-OH is 1. The lowest BCUT2D eigenvalue weighted by Gasteiger charge is -2.16. The van der Waals surface area contributed by atoms with Gasteiger partial charge in [-0.1, -0.05) is 6.07 Å². The molecule has 4 aromatic rings. The number of aromatic amines is 1. The third kappa shape index (κ3) is 3.14. The van der Waals surface area contributed by atoms with E-state index in [4.69, 9.17) is 4.74 Å². The first kappa shape index (κ1) is 17.8. The Hall–Kier alpha value is -3.30. The van der Waals surface area contributed by atoms with E-state index in [1.54, 1.807) is 11.8 Å². The Bertz CT molecular complexity index is 1170. The second-order valence-electron chi connectivity index (χ2n) is 7.24. The first-order valence-corrected chi connectivity index (χ1v) is 9.38. The zero-order valence-corrected chi connectivity index (χ0v) is 16.1. The van der Waals surface area contributed by atoms with Crippen LogP contribution in [0.25, 0.3) is 33.4 Å². The molecule has 0 radical (unpaired) electrons. The van der Waals surface area contributed by atoms with E-state index in [1.165, 1.54) is 6.33 Å². The Morgan fingerprint density at radius 2 is 2.07 bits per heavy atom. The zero-order valence-electron chi connectivity index (χ0n) is 16.1. The number of nitrogens with one attached hydrogen (secondary N) is 1. The molecule has 29 heavy (non-hydrogen) atoms. The van der Waals surface area contributed by atoms with Gasteiger partial charge in [-0.3, -0.25) is 9.78 Å². The molecule has 1 fully saturated rings. The number of rotatable bonds is 4. The van der Waals surface area contributed by atoms with Crippen molar-refractivity contribution in [3.8, 4) is 22.5 Å². The van der Waals surface area contributed by atoms with Gasteiger partial charge in [0.15, 0.2) is 0 Å². The predicted octanol–water partition coefficient (Wildman–Crippen LogP) is 1.62. The summed E-state index contributed by atoms with van der Waals surface area (Å²) in [6, 6.07) is 8.05. The average Bonchev–Trinajstić information content (AvgIpc) is 3.45. The molecule has 0 unspecified atom stereocenters. The van der Waals surface area contributed by atoms with E-state index in [2.05, 4.69) is 31.3 Å². The molecule has 3 aromatic heterocycles. The lowest BCUT2D eigenvalue weighted by atomic mass is 10.1. The lowest BCUT2D eigenvalue weighted by Crippen LogP contribution is -2.25. The van der Waals surface area contributed by atoms with Crippen LogP contribution in [0.4, 0.5) is 5.82 Å². The number of aromatic nitrogens is 6. The highest BCUT2D eigenvalue weighted by Gasteiger charge is 2.32. The van der Waals surface area contributed by atoms with Crippen molar-refractivity contribution in [1.82, 2.24) is 29.9 Å². The normalized spacial score (nSPS) is 19.3. The number of aryl methyl sites for hydroxylation is 1. The van der Waals surface area contributed by atoms with Crippen molar-refractivity contribution in [1.29, 1.82) is 0 Å². The standard InChI is InChI=1S/C20H21N7O2/c1-26-8-13(7-23-26)12-3-4-15-14(5-12)20(25-24-15)16-6-19(22-11-21-16)27-9-17(28)18(10-27)29-2/h3-8,11,17-18,28H,9-10H2,1-2H3,(H,24,25)/t17-,18-/m0/s1. The van der Waals surface area contributed by atoms with Crippen molar-refractivity contribution in [2.24, 2.45) is 7.05 Å². The zero-order chi connectivity index (χ0) is 20.0. The highest BCUT2D eigenvalue weighted by Crippen LogP contribution is 2.31. The minimum absolute atomic E-state index is 0.221. The van der Waals surface area contributed by atoms with Gasteiger partial charge in [0.05, 0.1) is 23.5 Å². The molecular weight excluding hydrogens is 370 g/mol. The number of aliphatic hydroxyl groups is 1. The summed E-state index contributed by atoms with van der Waals surface area (Å²) in [4.78, 5) is 10.8. The van der Waals surface area contributed by atoms with Gasteiger partial charge in [0.2, 0.25) is 0 Å². The van der Waals surface area contributed by atoms with E-state index in [1.807, 2.05) is 42.5 Å². The SMILES string of the molecule is CO[C@H]1CN(c2cc(-c3n[nH]c4ccc(-c5cnn(C)c5)cc34)ncn2)C[C@@H]1O.